The maximum absolute atomic E-state index is 14.6. The van der Waals surface area contributed by atoms with Crippen molar-refractivity contribution >= 4 is 5.57 Å². The van der Waals surface area contributed by atoms with Gasteiger partial charge in [-0.05, 0) is 49.3 Å². The number of rotatable bonds is 6. The van der Waals surface area contributed by atoms with Crippen LogP contribution in [0, 0.1) is 18.8 Å². The van der Waals surface area contributed by atoms with Crippen molar-refractivity contribution in [1.82, 2.24) is 0 Å². The molecule has 0 saturated heterocycles. The van der Waals surface area contributed by atoms with Gasteiger partial charge in [-0.25, -0.2) is 0 Å². The van der Waals surface area contributed by atoms with Gasteiger partial charge in [-0.15, -0.1) is 0 Å². The summed E-state index contributed by atoms with van der Waals surface area (Å²) in [5, 5.41) is 0. The van der Waals surface area contributed by atoms with E-state index in [-0.39, 0.29) is 12.2 Å². The standard InChI is InChI=1S/C23H28F4O/c1-16-5-9-18(10-6-16)4-3-15-28-21-14-13-20(22(24,25)23(21,26)27)19-11-7-17(2)8-12-19/h7-8,11-14,16,18H,3-6,9-10,15H2,1-2H3. The molecule has 0 aliphatic heterocycles. The van der Waals surface area contributed by atoms with Gasteiger partial charge in [-0.1, -0.05) is 62.4 Å². The molecule has 2 aliphatic carbocycles. The fraction of sp³-hybridized carbons (Fsp3) is 0.565. The number of hydrogen-bond acceptors (Lipinski definition) is 1. The summed E-state index contributed by atoms with van der Waals surface area (Å²) >= 11 is 0. The Labute approximate surface area is 164 Å². The van der Waals surface area contributed by atoms with Crippen molar-refractivity contribution in [1.29, 1.82) is 0 Å². The fourth-order valence-corrected chi connectivity index (χ4v) is 4.01. The van der Waals surface area contributed by atoms with Crippen molar-refractivity contribution in [3.05, 3.63) is 53.3 Å². The van der Waals surface area contributed by atoms with E-state index >= 15 is 0 Å². The second-order valence-electron chi connectivity index (χ2n) is 8.24. The summed E-state index contributed by atoms with van der Waals surface area (Å²) in [4.78, 5) is 0. The van der Waals surface area contributed by atoms with Crippen LogP contribution in [-0.4, -0.2) is 18.5 Å². The molecule has 1 fully saturated rings. The number of hydrogen-bond donors (Lipinski definition) is 0. The van der Waals surface area contributed by atoms with E-state index in [0.717, 1.165) is 42.9 Å². The highest BCUT2D eigenvalue weighted by molar-refractivity contribution is 5.75. The van der Waals surface area contributed by atoms with E-state index in [1.165, 1.54) is 25.0 Å². The molecule has 3 rings (SSSR count). The smallest absolute Gasteiger partial charge is 0.370 e. The van der Waals surface area contributed by atoms with Crippen LogP contribution < -0.4 is 0 Å². The minimum atomic E-state index is -4.36. The van der Waals surface area contributed by atoms with E-state index in [9.17, 15) is 17.6 Å². The Balaban J connectivity index is 1.63. The third kappa shape index (κ3) is 4.28. The lowest BCUT2D eigenvalue weighted by atomic mass is 9.81. The summed E-state index contributed by atoms with van der Waals surface area (Å²) in [6, 6.07) is 6.14. The minimum absolute atomic E-state index is 0.0390. The van der Waals surface area contributed by atoms with Crippen LogP contribution in [0.25, 0.3) is 5.57 Å². The average Bonchev–Trinajstić information content (AvgIpc) is 2.65. The summed E-state index contributed by atoms with van der Waals surface area (Å²) in [7, 11) is 0. The molecule has 1 nitrogen and oxygen atoms in total. The number of allylic oxidation sites excluding steroid dienone is 4. The largest absolute Gasteiger partial charge is 0.491 e. The van der Waals surface area contributed by atoms with Gasteiger partial charge in [-0.3, -0.25) is 0 Å². The number of alkyl halides is 4. The molecule has 28 heavy (non-hydrogen) atoms. The first-order chi connectivity index (χ1) is 13.2. The quantitative estimate of drug-likeness (QED) is 0.366. The van der Waals surface area contributed by atoms with Crippen molar-refractivity contribution in [2.75, 3.05) is 6.61 Å². The second kappa shape index (κ2) is 8.30. The first kappa shape index (κ1) is 20.9. The Morgan fingerprint density at radius 1 is 0.929 bits per heavy atom. The van der Waals surface area contributed by atoms with Crippen LogP contribution in [0.4, 0.5) is 17.6 Å². The predicted molar refractivity (Wildman–Crippen MR) is 103 cm³/mol. The van der Waals surface area contributed by atoms with E-state index in [4.69, 9.17) is 4.74 Å². The van der Waals surface area contributed by atoms with Gasteiger partial charge in [-0.2, -0.15) is 17.6 Å². The lowest BCUT2D eigenvalue weighted by Crippen LogP contribution is -2.45. The van der Waals surface area contributed by atoms with Crippen molar-refractivity contribution in [2.24, 2.45) is 11.8 Å². The average molecular weight is 396 g/mol. The summed E-state index contributed by atoms with van der Waals surface area (Å²) in [5.41, 5.74) is 0.292. The van der Waals surface area contributed by atoms with Crippen LogP contribution in [0.3, 0.4) is 0 Å². The van der Waals surface area contributed by atoms with Crippen LogP contribution in [0.5, 0.6) is 0 Å². The lowest BCUT2D eigenvalue weighted by molar-refractivity contribution is -0.172. The molecule has 0 aromatic heterocycles. The predicted octanol–water partition coefficient (Wildman–Crippen LogP) is 7.17. The fourth-order valence-electron chi connectivity index (χ4n) is 4.01. The normalized spacial score (nSPS) is 26.4. The van der Waals surface area contributed by atoms with E-state index in [0.29, 0.717) is 12.3 Å². The Morgan fingerprint density at radius 2 is 1.57 bits per heavy atom. The number of benzene rings is 1. The molecule has 0 unspecified atom stereocenters. The van der Waals surface area contributed by atoms with Gasteiger partial charge in [0.2, 0.25) is 0 Å². The Bertz CT molecular complexity index is 725. The van der Waals surface area contributed by atoms with Crippen LogP contribution in [-0.2, 0) is 4.74 Å². The van der Waals surface area contributed by atoms with Crippen molar-refractivity contribution < 1.29 is 22.3 Å². The van der Waals surface area contributed by atoms with E-state index in [1.807, 2.05) is 6.92 Å². The highest BCUT2D eigenvalue weighted by atomic mass is 19.3. The maximum Gasteiger partial charge on any atom is 0.370 e. The van der Waals surface area contributed by atoms with E-state index in [2.05, 4.69) is 6.92 Å². The summed E-state index contributed by atoms with van der Waals surface area (Å²) in [6.45, 7) is 4.10. The number of aryl methyl sites for hydroxylation is 1. The van der Waals surface area contributed by atoms with E-state index in [1.54, 1.807) is 12.1 Å². The SMILES string of the molecule is Cc1ccc(C2=CC=C(OCCCC3CCC(C)CC3)C(F)(F)C2(F)F)cc1. The monoisotopic (exact) mass is 396 g/mol. The zero-order valence-corrected chi connectivity index (χ0v) is 16.5. The zero-order valence-electron chi connectivity index (χ0n) is 16.5. The Kier molecular flexibility index (Phi) is 6.21. The molecule has 0 amide bonds. The Hall–Kier alpha value is -1.78. The molecule has 0 radical (unpaired) electrons. The number of ether oxygens (including phenoxy) is 1. The minimum Gasteiger partial charge on any atom is -0.491 e. The second-order valence-corrected chi connectivity index (χ2v) is 8.24. The van der Waals surface area contributed by atoms with Gasteiger partial charge in [0, 0.05) is 5.57 Å². The van der Waals surface area contributed by atoms with Crippen LogP contribution >= 0.6 is 0 Å². The highest BCUT2D eigenvalue weighted by Crippen LogP contribution is 2.51. The third-order valence-electron chi connectivity index (χ3n) is 5.96. The van der Waals surface area contributed by atoms with Gasteiger partial charge in [0.25, 0.3) is 0 Å². The van der Waals surface area contributed by atoms with Crippen molar-refractivity contribution in [3.63, 3.8) is 0 Å². The van der Waals surface area contributed by atoms with Crippen molar-refractivity contribution in [2.45, 2.75) is 64.2 Å². The first-order valence-electron chi connectivity index (χ1n) is 10.1. The summed E-state index contributed by atoms with van der Waals surface area (Å²) in [6.07, 6.45) is 8.26. The van der Waals surface area contributed by atoms with Gasteiger partial charge in [0.15, 0.2) is 5.76 Å². The molecule has 1 aromatic rings. The molecule has 2 aliphatic rings. The Morgan fingerprint density at radius 3 is 2.21 bits per heavy atom. The van der Waals surface area contributed by atoms with Crippen LogP contribution in [0.15, 0.2) is 42.2 Å². The lowest BCUT2D eigenvalue weighted by Gasteiger charge is -2.33. The van der Waals surface area contributed by atoms with Crippen LogP contribution in [0.1, 0.15) is 56.6 Å². The molecule has 0 heterocycles. The molecule has 0 spiro atoms. The molecule has 0 atom stereocenters. The van der Waals surface area contributed by atoms with Gasteiger partial charge < -0.3 is 4.74 Å². The summed E-state index contributed by atoms with van der Waals surface area (Å²) in [5.74, 6) is -8.26. The molecular weight excluding hydrogens is 368 g/mol. The van der Waals surface area contributed by atoms with Gasteiger partial charge >= 0.3 is 11.8 Å². The molecule has 0 bridgehead atoms. The molecule has 1 aromatic carbocycles. The molecule has 0 N–H and O–H groups in total. The van der Waals surface area contributed by atoms with Gasteiger partial charge in [0.05, 0.1) is 6.61 Å². The maximum atomic E-state index is 14.6. The van der Waals surface area contributed by atoms with Crippen molar-refractivity contribution in [3.8, 4) is 0 Å². The molecule has 154 valence electrons. The summed E-state index contributed by atoms with van der Waals surface area (Å²) < 4.78 is 63.3. The van der Waals surface area contributed by atoms with Crippen LogP contribution in [0.2, 0.25) is 0 Å². The molecule has 1 saturated carbocycles. The first-order valence-corrected chi connectivity index (χ1v) is 10.1. The third-order valence-corrected chi connectivity index (χ3v) is 5.96. The van der Waals surface area contributed by atoms with Gasteiger partial charge in [0.1, 0.15) is 0 Å². The molecule has 5 heteroatoms. The topological polar surface area (TPSA) is 9.23 Å². The zero-order chi connectivity index (χ0) is 20.4. The highest BCUT2D eigenvalue weighted by Gasteiger charge is 2.63. The number of halogens is 4. The molecular formula is C23H28F4O. The van der Waals surface area contributed by atoms with E-state index < -0.39 is 23.2 Å².